The first kappa shape index (κ1) is 18.5. The summed E-state index contributed by atoms with van der Waals surface area (Å²) in [4.78, 5) is 30.8. The Kier molecular flexibility index (Phi) is 7.11. The van der Waals surface area contributed by atoms with E-state index in [2.05, 4.69) is 10.2 Å². The van der Waals surface area contributed by atoms with Crippen molar-refractivity contribution >= 4 is 24.2 Å². The van der Waals surface area contributed by atoms with Gasteiger partial charge >= 0.3 is 0 Å². The Balaban J connectivity index is 0.00000192. The van der Waals surface area contributed by atoms with Crippen molar-refractivity contribution in [3.8, 4) is 0 Å². The fraction of sp³-hybridized carbons (Fsp3) is 0.875. The number of carbonyl (C=O) groups excluding carboxylic acids is 2. The predicted octanol–water partition coefficient (Wildman–Crippen LogP) is 0.317. The van der Waals surface area contributed by atoms with Crippen molar-refractivity contribution < 1.29 is 9.59 Å². The van der Waals surface area contributed by atoms with Crippen LogP contribution < -0.4 is 5.32 Å². The first-order valence-corrected chi connectivity index (χ1v) is 8.76. The van der Waals surface area contributed by atoms with Gasteiger partial charge in [-0.05, 0) is 38.6 Å². The minimum absolute atomic E-state index is 0. The molecule has 0 saturated carbocycles. The third-order valence-corrected chi connectivity index (χ3v) is 5.11. The van der Waals surface area contributed by atoms with Crippen molar-refractivity contribution in [2.75, 3.05) is 52.4 Å². The number of piperidine rings is 1. The molecular weight excluding hydrogens is 316 g/mol. The Hall–Kier alpha value is -0.850. The highest BCUT2D eigenvalue weighted by Gasteiger charge is 2.30. The maximum absolute atomic E-state index is 12.3. The van der Waals surface area contributed by atoms with Gasteiger partial charge in [0.05, 0.1) is 12.6 Å². The summed E-state index contributed by atoms with van der Waals surface area (Å²) < 4.78 is 0. The Morgan fingerprint density at radius 3 is 2.17 bits per heavy atom. The minimum atomic E-state index is 0. The lowest BCUT2D eigenvalue weighted by Crippen LogP contribution is -2.54. The van der Waals surface area contributed by atoms with Crippen LogP contribution in [0.1, 0.15) is 32.1 Å². The third-order valence-electron chi connectivity index (χ3n) is 5.11. The first-order valence-electron chi connectivity index (χ1n) is 8.76. The third kappa shape index (κ3) is 4.81. The largest absolute Gasteiger partial charge is 0.342 e. The van der Waals surface area contributed by atoms with Crippen LogP contribution in [-0.4, -0.2) is 84.9 Å². The molecule has 0 spiro atoms. The van der Waals surface area contributed by atoms with Gasteiger partial charge in [-0.2, -0.15) is 0 Å². The average molecular weight is 345 g/mol. The van der Waals surface area contributed by atoms with E-state index in [1.165, 1.54) is 6.42 Å². The lowest BCUT2D eigenvalue weighted by molar-refractivity contribution is -0.136. The molecule has 3 heterocycles. The van der Waals surface area contributed by atoms with E-state index in [0.717, 1.165) is 71.5 Å². The summed E-state index contributed by atoms with van der Waals surface area (Å²) >= 11 is 0. The molecule has 0 bridgehead atoms. The Morgan fingerprint density at radius 2 is 1.57 bits per heavy atom. The number of hydrogen-bond acceptors (Lipinski definition) is 4. The lowest BCUT2D eigenvalue weighted by atomic mass is 10.1. The quantitative estimate of drug-likeness (QED) is 0.801. The van der Waals surface area contributed by atoms with Crippen LogP contribution in [0.25, 0.3) is 0 Å². The number of likely N-dealkylation sites (tertiary alicyclic amines) is 1. The van der Waals surface area contributed by atoms with Gasteiger partial charge in [0.25, 0.3) is 0 Å². The zero-order valence-electron chi connectivity index (χ0n) is 13.8. The topological polar surface area (TPSA) is 55.9 Å². The summed E-state index contributed by atoms with van der Waals surface area (Å²) in [6.07, 6.45) is 5.60. The number of halogens is 1. The molecule has 3 aliphatic heterocycles. The second-order valence-corrected chi connectivity index (χ2v) is 6.69. The van der Waals surface area contributed by atoms with Crippen molar-refractivity contribution in [1.82, 2.24) is 20.0 Å². The fourth-order valence-corrected chi connectivity index (χ4v) is 3.68. The molecule has 0 aromatic rings. The molecule has 3 aliphatic rings. The van der Waals surface area contributed by atoms with E-state index in [9.17, 15) is 9.59 Å². The van der Waals surface area contributed by atoms with Crippen LogP contribution in [0.4, 0.5) is 0 Å². The van der Waals surface area contributed by atoms with Gasteiger partial charge in [-0.25, -0.2) is 0 Å². The SMILES string of the molecule is Cl.O=C(CN1CCN(C(=O)C2CCCN2)CC1)N1CCCCC1. The van der Waals surface area contributed by atoms with Gasteiger partial charge < -0.3 is 15.1 Å². The average Bonchev–Trinajstić information content (AvgIpc) is 3.10. The second-order valence-electron chi connectivity index (χ2n) is 6.69. The van der Waals surface area contributed by atoms with Gasteiger partial charge in [-0.3, -0.25) is 14.5 Å². The van der Waals surface area contributed by atoms with E-state index < -0.39 is 0 Å². The monoisotopic (exact) mass is 344 g/mol. The van der Waals surface area contributed by atoms with Gasteiger partial charge in [0.15, 0.2) is 0 Å². The molecule has 0 aliphatic carbocycles. The molecule has 23 heavy (non-hydrogen) atoms. The van der Waals surface area contributed by atoms with Crippen LogP contribution >= 0.6 is 12.4 Å². The first-order chi connectivity index (χ1) is 10.7. The molecule has 1 unspecified atom stereocenters. The molecule has 0 aromatic heterocycles. The molecule has 3 saturated heterocycles. The Labute approximate surface area is 145 Å². The van der Waals surface area contributed by atoms with Crippen molar-refractivity contribution in [3.05, 3.63) is 0 Å². The van der Waals surface area contributed by atoms with Crippen LogP contribution in [-0.2, 0) is 9.59 Å². The molecule has 1 N–H and O–H groups in total. The molecular formula is C16H29ClN4O2. The van der Waals surface area contributed by atoms with E-state index in [1.54, 1.807) is 0 Å². The van der Waals surface area contributed by atoms with E-state index in [-0.39, 0.29) is 30.3 Å². The highest BCUT2D eigenvalue weighted by atomic mass is 35.5. The fourth-order valence-electron chi connectivity index (χ4n) is 3.68. The standard InChI is InChI=1S/C16H28N4O2.ClH/c21-15(19-7-2-1-3-8-19)13-18-9-11-20(12-10-18)16(22)14-5-4-6-17-14;/h14,17H,1-13H2;1H. The summed E-state index contributed by atoms with van der Waals surface area (Å²) in [5.41, 5.74) is 0. The van der Waals surface area contributed by atoms with Crippen molar-refractivity contribution in [3.63, 3.8) is 0 Å². The highest BCUT2D eigenvalue weighted by Crippen LogP contribution is 2.12. The summed E-state index contributed by atoms with van der Waals surface area (Å²) in [5, 5.41) is 3.27. The van der Waals surface area contributed by atoms with Crippen LogP contribution in [0.5, 0.6) is 0 Å². The van der Waals surface area contributed by atoms with Crippen LogP contribution in [0, 0.1) is 0 Å². The zero-order valence-corrected chi connectivity index (χ0v) is 14.7. The van der Waals surface area contributed by atoms with Crippen LogP contribution in [0.15, 0.2) is 0 Å². The Bertz CT molecular complexity index is 401. The number of nitrogens with zero attached hydrogens (tertiary/aromatic N) is 3. The maximum atomic E-state index is 12.3. The maximum Gasteiger partial charge on any atom is 0.239 e. The number of rotatable bonds is 3. The molecule has 1 atom stereocenters. The summed E-state index contributed by atoms with van der Waals surface area (Å²) in [7, 11) is 0. The van der Waals surface area contributed by atoms with E-state index in [0.29, 0.717) is 6.54 Å². The molecule has 3 fully saturated rings. The van der Waals surface area contributed by atoms with Crippen LogP contribution in [0.3, 0.4) is 0 Å². The number of amides is 2. The number of hydrogen-bond donors (Lipinski definition) is 1. The minimum Gasteiger partial charge on any atom is -0.342 e. The molecule has 0 radical (unpaired) electrons. The Morgan fingerprint density at radius 1 is 0.870 bits per heavy atom. The number of piperazine rings is 1. The highest BCUT2D eigenvalue weighted by molar-refractivity contribution is 5.85. The van der Waals surface area contributed by atoms with Crippen LogP contribution in [0.2, 0.25) is 0 Å². The van der Waals surface area contributed by atoms with E-state index >= 15 is 0 Å². The molecule has 0 aromatic carbocycles. The molecule has 2 amide bonds. The molecule has 7 heteroatoms. The summed E-state index contributed by atoms with van der Waals surface area (Å²) in [5.74, 6) is 0.511. The molecule has 6 nitrogen and oxygen atoms in total. The van der Waals surface area contributed by atoms with Gasteiger partial charge in [-0.15, -0.1) is 12.4 Å². The molecule has 132 valence electrons. The van der Waals surface area contributed by atoms with E-state index in [4.69, 9.17) is 0 Å². The summed E-state index contributed by atoms with van der Waals surface area (Å²) in [6.45, 7) is 6.46. The van der Waals surface area contributed by atoms with Gasteiger partial charge in [0, 0.05) is 39.3 Å². The van der Waals surface area contributed by atoms with Gasteiger partial charge in [0.1, 0.15) is 0 Å². The lowest BCUT2D eigenvalue weighted by Gasteiger charge is -2.37. The number of nitrogens with one attached hydrogen (secondary N) is 1. The molecule has 3 rings (SSSR count). The normalized spacial score (nSPS) is 26.0. The van der Waals surface area contributed by atoms with Gasteiger partial charge in [-0.1, -0.05) is 0 Å². The second kappa shape index (κ2) is 8.85. The predicted molar refractivity (Wildman–Crippen MR) is 91.7 cm³/mol. The van der Waals surface area contributed by atoms with E-state index in [1.807, 2.05) is 9.80 Å². The number of carbonyl (C=O) groups is 2. The zero-order chi connectivity index (χ0) is 15.4. The van der Waals surface area contributed by atoms with Gasteiger partial charge in [0.2, 0.25) is 11.8 Å². The smallest absolute Gasteiger partial charge is 0.239 e. The van der Waals surface area contributed by atoms with Crippen molar-refractivity contribution in [1.29, 1.82) is 0 Å². The van der Waals surface area contributed by atoms with Crippen molar-refractivity contribution in [2.45, 2.75) is 38.1 Å². The van der Waals surface area contributed by atoms with Crippen molar-refractivity contribution in [2.24, 2.45) is 0 Å². The summed E-state index contributed by atoms with van der Waals surface area (Å²) in [6, 6.07) is 0.0292.